The van der Waals surface area contributed by atoms with Crippen molar-refractivity contribution in [1.82, 2.24) is 15.3 Å². The number of nitrogens with one attached hydrogen (secondary N) is 1. The van der Waals surface area contributed by atoms with E-state index in [1.54, 1.807) is 12.3 Å². The molecule has 1 aliphatic heterocycles. The van der Waals surface area contributed by atoms with Crippen LogP contribution in [-0.2, 0) is 24.1 Å². The molecule has 3 heterocycles. The molecule has 1 fully saturated rings. The van der Waals surface area contributed by atoms with Crippen LogP contribution in [0.2, 0.25) is 0 Å². The standard InChI is InChI=1S/C22H21N3O4S/c1-14-17(11-15-5-3-2-4-6-15)24-20(29-14)9-10-28-19-8-7-16(13-23-19)12-18-21(26)25-22(27)30-18/h2-8,13,18H,9-12H2,1H3,(H,25,26,27). The smallest absolute Gasteiger partial charge is 0.286 e. The lowest BCUT2D eigenvalue weighted by atomic mass is 10.1. The minimum absolute atomic E-state index is 0.252. The molecule has 3 aromatic rings. The van der Waals surface area contributed by atoms with Gasteiger partial charge in [0.1, 0.15) is 5.76 Å². The Bertz CT molecular complexity index is 1030. The summed E-state index contributed by atoms with van der Waals surface area (Å²) in [5.41, 5.74) is 3.00. The van der Waals surface area contributed by atoms with Crippen LogP contribution in [0, 0.1) is 6.92 Å². The minimum Gasteiger partial charge on any atom is -0.477 e. The number of pyridine rings is 1. The maximum Gasteiger partial charge on any atom is 0.286 e. The van der Waals surface area contributed by atoms with Crippen molar-refractivity contribution in [3.05, 3.63) is 77.1 Å². The number of oxazole rings is 1. The number of hydrogen-bond donors (Lipinski definition) is 1. The number of thioether (sulfide) groups is 1. The van der Waals surface area contributed by atoms with Gasteiger partial charge in [-0.1, -0.05) is 48.2 Å². The first-order valence-electron chi connectivity index (χ1n) is 9.65. The number of aromatic nitrogens is 2. The first-order valence-corrected chi connectivity index (χ1v) is 10.5. The summed E-state index contributed by atoms with van der Waals surface area (Å²) in [5.74, 6) is 1.71. The van der Waals surface area contributed by atoms with Gasteiger partial charge in [-0.15, -0.1) is 0 Å². The van der Waals surface area contributed by atoms with Gasteiger partial charge in [-0.2, -0.15) is 0 Å². The number of hydrogen-bond acceptors (Lipinski definition) is 7. The Morgan fingerprint density at radius 3 is 2.67 bits per heavy atom. The lowest BCUT2D eigenvalue weighted by Gasteiger charge is -2.07. The highest BCUT2D eigenvalue weighted by Gasteiger charge is 2.31. The third kappa shape index (κ3) is 5.07. The van der Waals surface area contributed by atoms with Crippen molar-refractivity contribution in [1.29, 1.82) is 0 Å². The van der Waals surface area contributed by atoms with Gasteiger partial charge in [0.05, 0.1) is 24.0 Å². The maximum atomic E-state index is 11.6. The van der Waals surface area contributed by atoms with E-state index in [-0.39, 0.29) is 11.1 Å². The normalized spacial score (nSPS) is 16.0. The average Bonchev–Trinajstić information content (AvgIpc) is 3.24. The van der Waals surface area contributed by atoms with Crippen molar-refractivity contribution < 1.29 is 18.7 Å². The highest BCUT2D eigenvalue weighted by Crippen LogP contribution is 2.23. The second kappa shape index (κ2) is 9.13. The molecule has 154 valence electrons. The molecule has 1 atom stereocenters. The summed E-state index contributed by atoms with van der Waals surface area (Å²) >= 11 is 1.01. The van der Waals surface area contributed by atoms with Gasteiger partial charge in [0, 0.05) is 18.7 Å². The van der Waals surface area contributed by atoms with Crippen LogP contribution in [-0.4, -0.2) is 33.0 Å². The predicted molar refractivity (Wildman–Crippen MR) is 113 cm³/mol. The van der Waals surface area contributed by atoms with Crippen LogP contribution >= 0.6 is 11.8 Å². The van der Waals surface area contributed by atoms with Crippen LogP contribution in [0.25, 0.3) is 0 Å². The molecule has 0 aliphatic carbocycles. The van der Waals surface area contributed by atoms with E-state index in [9.17, 15) is 9.59 Å². The average molecular weight is 423 g/mol. The molecule has 2 amide bonds. The topological polar surface area (TPSA) is 94.3 Å². The summed E-state index contributed by atoms with van der Waals surface area (Å²) in [6.45, 7) is 2.32. The molecule has 1 unspecified atom stereocenters. The van der Waals surface area contributed by atoms with Crippen LogP contribution < -0.4 is 10.1 Å². The van der Waals surface area contributed by atoms with E-state index in [1.165, 1.54) is 5.56 Å². The number of nitrogens with zero attached hydrogens (tertiary/aromatic N) is 2. The molecule has 0 radical (unpaired) electrons. The number of imide groups is 1. The lowest BCUT2D eigenvalue weighted by molar-refractivity contribution is -0.118. The van der Waals surface area contributed by atoms with Crippen LogP contribution in [0.3, 0.4) is 0 Å². The van der Waals surface area contributed by atoms with Gasteiger partial charge in [-0.3, -0.25) is 14.9 Å². The summed E-state index contributed by atoms with van der Waals surface area (Å²) in [7, 11) is 0. The van der Waals surface area contributed by atoms with Gasteiger partial charge in [-0.25, -0.2) is 9.97 Å². The number of rotatable bonds is 8. The second-order valence-electron chi connectivity index (χ2n) is 6.96. The summed E-state index contributed by atoms with van der Waals surface area (Å²) in [6.07, 6.45) is 3.40. The summed E-state index contributed by atoms with van der Waals surface area (Å²) in [6, 6.07) is 13.8. The van der Waals surface area contributed by atoms with Gasteiger partial charge in [0.2, 0.25) is 11.8 Å². The Labute approximate surface area is 178 Å². The van der Waals surface area contributed by atoms with Gasteiger partial charge in [0.15, 0.2) is 5.89 Å². The molecular weight excluding hydrogens is 402 g/mol. The quantitative estimate of drug-likeness (QED) is 0.593. The molecule has 1 aromatic carbocycles. The monoisotopic (exact) mass is 423 g/mol. The van der Waals surface area contributed by atoms with E-state index in [0.717, 1.165) is 35.2 Å². The van der Waals surface area contributed by atoms with Gasteiger partial charge in [-0.05, 0) is 24.5 Å². The van der Waals surface area contributed by atoms with Crippen molar-refractivity contribution in [2.75, 3.05) is 6.61 Å². The first kappa shape index (κ1) is 20.2. The second-order valence-corrected chi connectivity index (χ2v) is 8.14. The number of carbonyl (C=O) groups excluding carboxylic acids is 2. The Hall–Kier alpha value is -3.13. The fourth-order valence-corrected chi connectivity index (χ4v) is 4.01. The van der Waals surface area contributed by atoms with E-state index in [1.807, 2.05) is 31.2 Å². The highest BCUT2D eigenvalue weighted by molar-refractivity contribution is 8.15. The number of benzene rings is 1. The molecule has 1 saturated heterocycles. The van der Waals surface area contributed by atoms with E-state index in [2.05, 4.69) is 27.4 Å². The molecule has 1 aliphatic rings. The molecule has 7 nitrogen and oxygen atoms in total. The molecule has 2 aromatic heterocycles. The number of amides is 2. The Morgan fingerprint density at radius 1 is 1.13 bits per heavy atom. The summed E-state index contributed by atoms with van der Waals surface area (Å²) in [4.78, 5) is 31.7. The molecule has 30 heavy (non-hydrogen) atoms. The zero-order valence-electron chi connectivity index (χ0n) is 16.5. The molecule has 4 rings (SSSR count). The zero-order valence-corrected chi connectivity index (χ0v) is 17.3. The Kier molecular flexibility index (Phi) is 6.13. The molecule has 8 heteroatoms. The van der Waals surface area contributed by atoms with Crippen molar-refractivity contribution >= 4 is 22.9 Å². The van der Waals surface area contributed by atoms with Gasteiger partial charge >= 0.3 is 0 Å². The summed E-state index contributed by atoms with van der Waals surface area (Å²) in [5, 5.41) is 1.59. The molecule has 1 N–H and O–H groups in total. The van der Waals surface area contributed by atoms with Crippen LogP contribution in [0.15, 0.2) is 53.1 Å². The third-order valence-electron chi connectivity index (χ3n) is 4.70. The number of carbonyl (C=O) groups is 2. The van der Waals surface area contributed by atoms with Crippen molar-refractivity contribution in [2.24, 2.45) is 0 Å². The maximum absolute atomic E-state index is 11.6. The van der Waals surface area contributed by atoms with Gasteiger partial charge in [0.25, 0.3) is 5.24 Å². The fraction of sp³-hybridized carbons (Fsp3) is 0.273. The fourth-order valence-electron chi connectivity index (χ4n) is 3.15. The Balaban J connectivity index is 1.27. The SMILES string of the molecule is Cc1oc(CCOc2ccc(CC3SC(=O)NC3=O)cn2)nc1Cc1ccccc1. The number of ether oxygens (including phenoxy) is 1. The highest BCUT2D eigenvalue weighted by atomic mass is 32.2. The van der Waals surface area contributed by atoms with Crippen LogP contribution in [0.5, 0.6) is 5.88 Å². The van der Waals surface area contributed by atoms with Crippen molar-refractivity contribution in [3.63, 3.8) is 0 Å². The first-order chi connectivity index (χ1) is 14.6. The van der Waals surface area contributed by atoms with Crippen LogP contribution in [0.4, 0.5) is 4.79 Å². The third-order valence-corrected chi connectivity index (χ3v) is 5.68. The zero-order chi connectivity index (χ0) is 20.9. The van der Waals surface area contributed by atoms with E-state index in [4.69, 9.17) is 9.15 Å². The Morgan fingerprint density at radius 2 is 1.97 bits per heavy atom. The van der Waals surface area contributed by atoms with Crippen molar-refractivity contribution in [3.8, 4) is 5.88 Å². The van der Waals surface area contributed by atoms with E-state index >= 15 is 0 Å². The van der Waals surface area contributed by atoms with E-state index < -0.39 is 5.25 Å². The number of aryl methyl sites for hydroxylation is 1. The lowest BCUT2D eigenvalue weighted by Crippen LogP contribution is -2.25. The molecule has 0 saturated carbocycles. The largest absolute Gasteiger partial charge is 0.477 e. The van der Waals surface area contributed by atoms with Crippen LogP contribution in [0.1, 0.15) is 28.5 Å². The molecular formula is C22H21N3O4S. The summed E-state index contributed by atoms with van der Waals surface area (Å²) < 4.78 is 11.4. The van der Waals surface area contributed by atoms with Crippen molar-refractivity contribution in [2.45, 2.75) is 31.4 Å². The minimum atomic E-state index is -0.399. The predicted octanol–water partition coefficient (Wildman–Crippen LogP) is 3.48. The van der Waals surface area contributed by atoms with E-state index in [0.29, 0.717) is 31.2 Å². The van der Waals surface area contributed by atoms with Gasteiger partial charge < -0.3 is 9.15 Å². The molecule has 0 spiro atoms. The molecule has 0 bridgehead atoms.